The minimum atomic E-state index is -0.769. The fourth-order valence-electron chi connectivity index (χ4n) is 4.36. The van der Waals surface area contributed by atoms with Crippen molar-refractivity contribution in [1.82, 2.24) is 4.57 Å². The third-order valence-corrected chi connectivity index (χ3v) is 5.83. The van der Waals surface area contributed by atoms with Crippen molar-refractivity contribution in [2.75, 3.05) is 13.7 Å². The van der Waals surface area contributed by atoms with E-state index in [-0.39, 0.29) is 12.1 Å². The molecule has 1 unspecified atom stereocenters. The lowest BCUT2D eigenvalue weighted by Gasteiger charge is -2.26. The zero-order chi connectivity index (χ0) is 20.3. The first kappa shape index (κ1) is 19.4. The maximum Gasteiger partial charge on any atom is 0.321 e. The van der Waals surface area contributed by atoms with Crippen LogP contribution in [0, 0.1) is 0 Å². The zero-order valence-electron chi connectivity index (χ0n) is 17.0. The molecule has 0 radical (unpaired) electrons. The van der Waals surface area contributed by atoms with E-state index >= 15 is 0 Å². The Balaban J connectivity index is 1.66. The molecule has 0 saturated carbocycles. The molecular weight excluding hydrogens is 364 g/mol. The van der Waals surface area contributed by atoms with Crippen molar-refractivity contribution in [3.8, 4) is 0 Å². The summed E-state index contributed by atoms with van der Waals surface area (Å²) in [6.07, 6.45) is 5.30. The average Bonchev–Trinajstić information content (AvgIpc) is 3.27. The summed E-state index contributed by atoms with van der Waals surface area (Å²) in [7, 11) is 3.74. The molecule has 4 rings (SSSR count). The summed E-state index contributed by atoms with van der Waals surface area (Å²) in [5.74, 6) is 0.981. The number of hydrogen-bond donors (Lipinski definition) is 0. The number of esters is 1. The van der Waals surface area contributed by atoms with Crippen molar-refractivity contribution in [3.05, 3.63) is 90.0 Å². The molecular formula is C24H27N2O3+. The van der Waals surface area contributed by atoms with E-state index in [0.29, 0.717) is 19.6 Å². The predicted octanol–water partition coefficient (Wildman–Crippen LogP) is 2.80. The normalized spacial score (nSPS) is 18.0. The second kappa shape index (κ2) is 8.21. The number of hydrogen-bond acceptors (Lipinski definition) is 3. The number of carbonyl (C=O) groups is 1. The zero-order valence-corrected chi connectivity index (χ0v) is 17.0. The molecule has 29 heavy (non-hydrogen) atoms. The van der Waals surface area contributed by atoms with Gasteiger partial charge in [0, 0.05) is 13.5 Å². The number of aryl methyl sites for hydroxylation is 1. The van der Waals surface area contributed by atoms with Crippen molar-refractivity contribution in [3.63, 3.8) is 0 Å². The van der Waals surface area contributed by atoms with Crippen LogP contribution in [0.5, 0.6) is 0 Å². The van der Waals surface area contributed by atoms with Crippen molar-refractivity contribution in [1.29, 1.82) is 0 Å². The van der Waals surface area contributed by atoms with Crippen LogP contribution in [0.15, 0.2) is 73.1 Å². The summed E-state index contributed by atoms with van der Waals surface area (Å²) in [4.78, 5) is 13.3. The van der Waals surface area contributed by atoms with E-state index in [1.807, 2.05) is 80.1 Å². The van der Waals surface area contributed by atoms with Gasteiger partial charge in [0.1, 0.15) is 30.5 Å². The largest absolute Gasteiger partial charge is 0.457 e. The standard InChI is InChI=1S/C24H27N2O3/c1-25-14-15-26(22(25)13-16-28-2)18-21-17-24(23(27)29-21,19-9-5-3-6-10-19)20-11-7-4-8-12-20/h3-12,14-15,21H,13,16-18H2,1-2H3/q+1. The van der Waals surface area contributed by atoms with Gasteiger partial charge in [-0.1, -0.05) is 60.7 Å². The van der Waals surface area contributed by atoms with Crippen molar-refractivity contribution in [2.45, 2.75) is 30.9 Å². The molecule has 0 aliphatic carbocycles. The molecule has 0 spiro atoms. The number of rotatable bonds is 7. The fourth-order valence-corrected chi connectivity index (χ4v) is 4.36. The number of aromatic nitrogens is 2. The van der Waals surface area contributed by atoms with Gasteiger partial charge >= 0.3 is 5.97 Å². The number of benzene rings is 2. The Hall–Kier alpha value is -2.92. The molecule has 1 saturated heterocycles. The van der Waals surface area contributed by atoms with Crippen LogP contribution < -0.4 is 4.57 Å². The van der Waals surface area contributed by atoms with Gasteiger partial charge in [-0.15, -0.1) is 0 Å². The SMILES string of the molecule is COCCc1n(CC2CC(c3ccccc3)(c3ccccc3)C(=O)O2)cc[n+]1C. The van der Waals surface area contributed by atoms with Crippen LogP contribution in [0.3, 0.4) is 0 Å². The summed E-state index contributed by atoms with van der Waals surface area (Å²) in [5.41, 5.74) is 1.20. The van der Waals surface area contributed by atoms with Crippen LogP contribution in [-0.2, 0) is 39.7 Å². The number of nitrogens with zero attached hydrogens (tertiary/aromatic N) is 2. The molecule has 1 aromatic heterocycles. The van der Waals surface area contributed by atoms with E-state index in [4.69, 9.17) is 9.47 Å². The number of imidazole rings is 1. The van der Waals surface area contributed by atoms with Crippen LogP contribution in [-0.4, -0.2) is 30.4 Å². The van der Waals surface area contributed by atoms with Crippen LogP contribution in [0.4, 0.5) is 0 Å². The van der Waals surface area contributed by atoms with Crippen LogP contribution in [0.25, 0.3) is 0 Å². The van der Waals surface area contributed by atoms with Gasteiger partial charge in [-0.05, 0) is 11.1 Å². The molecule has 5 heteroatoms. The lowest BCUT2D eigenvalue weighted by atomic mass is 9.72. The Bertz CT molecular complexity index is 927. The number of ether oxygens (including phenoxy) is 2. The highest BCUT2D eigenvalue weighted by Crippen LogP contribution is 2.43. The Morgan fingerprint density at radius 1 is 1.10 bits per heavy atom. The molecule has 3 aromatic rings. The van der Waals surface area contributed by atoms with Gasteiger partial charge in [-0.25, -0.2) is 9.13 Å². The van der Waals surface area contributed by atoms with E-state index in [1.54, 1.807) is 7.11 Å². The predicted molar refractivity (Wildman–Crippen MR) is 109 cm³/mol. The summed E-state index contributed by atoms with van der Waals surface area (Å²) < 4.78 is 15.5. The minimum Gasteiger partial charge on any atom is -0.457 e. The molecule has 0 N–H and O–H groups in total. The first-order chi connectivity index (χ1) is 14.1. The minimum absolute atomic E-state index is 0.171. The highest BCUT2D eigenvalue weighted by atomic mass is 16.6. The van der Waals surface area contributed by atoms with E-state index in [2.05, 4.69) is 9.13 Å². The summed E-state index contributed by atoms with van der Waals surface area (Å²) >= 11 is 0. The molecule has 0 amide bonds. The van der Waals surface area contributed by atoms with Crippen molar-refractivity contribution in [2.24, 2.45) is 7.05 Å². The summed E-state index contributed by atoms with van der Waals surface area (Å²) in [6.45, 7) is 1.29. The van der Waals surface area contributed by atoms with E-state index in [9.17, 15) is 4.79 Å². The van der Waals surface area contributed by atoms with Gasteiger partial charge in [0.05, 0.1) is 20.1 Å². The Kier molecular flexibility index (Phi) is 5.49. The highest BCUT2D eigenvalue weighted by molar-refractivity contribution is 5.89. The average molecular weight is 391 g/mol. The third kappa shape index (κ3) is 3.58. The first-order valence-corrected chi connectivity index (χ1v) is 10.00. The van der Waals surface area contributed by atoms with Gasteiger partial charge < -0.3 is 9.47 Å². The van der Waals surface area contributed by atoms with Gasteiger partial charge in [0.15, 0.2) is 0 Å². The number of carbonyl (C=O) groups excluding carboxylic acids is 1. The molecule has 0 bridgehead atoms. The molecule has 1 aliphatic heterocycles. The summed E-state index contributed by atoms with van der Waals surface area (Å²) in [5, 5.41) is 0. The summed E-state index contributed by atoms with van der Waals surface area (Å²) in [6, 6.07) is 20.0. The van der Waals surface area contributed by atoms with E-state index < -0.39 is 5.41 Å². The molecule has 1 fully saturated rings. The Morgan fingerprint density at radius 3 is 2.31 bits per heavy atom. The molecule has 2 heterocycles. The van der Waals surface area contributed by atoms with Gasteiger partial charge in [-0.3, -0.25) is 4.79 Å². The molecule has 1 aliphatic rings. The molecule has 2 aromatic carbocycles. The van der Waals surface area contributed by atoms with Gasteiger partial charge in [0.25, 0.3) is 5.82 Å². The monoisotopic (exact) mass is 391 g/mol. The second-order valence-electron chi connectivity index (χ2n) is 7.59. The topological polar surface area (TPSA) is 44.3 Å². The molecule has 1 atom stereocenters. The lowest BCUT2D eigenvalue weighted by molar-refractivity contribution is -0.679. The van der Waals surface area contributed by atoms with Gasteiger partial charge in [0.2, 0.25) is 0 Å². The third-order valence-electron chi connectivity index (χ3n) is 5.83. The van der Waals surface area contributed by atoms with Crippen LogP contribution in [0.2, 0.25) is 0 Å². The van der Waals surface area contributed by atoms with Gasteiger partial charge in [-0.2, -0.15) is 0 Å². The van der Waals surface area contributed by atoms with E-state index in [0.717, 1.165) is 23.4 Å². The highest BCUT2D eigenvalue weighted by Gasteiger charge is 2.52. The maximum absolute atomic E-state index is 13.3. The number of cyclic esters (lactones) is 1. The number of methoxy groups -OCH3 is 1. The van der Waals surface area contributed by atoms with Crippen molar-refractivity contribution < 1.29 is 18.8 Å². The first-order valence-electron chi connectivity index (χ1n) is 10.00. The second-order valence-corrected chi connectivity index (χ2v) is 7.59. The smallest absolute Gasteiger partial charge is 0.321 e. The lowest BCUT2D eigenvalue weighted by Crippen LogP contribution is -2.34. The Labute approximate surface area is 171 Å². The maximum atomic E-state index is 13.3. The fraction of sp³-hybridized carbons (Fsp3) is 0.333. The Morgan fingerprint density at radius 2 is 1.72 bits per heavy atom. The molecule has 150 valence electrons. The van der Waals surface area contributed by atoms with Crippen LogP contribution in [0.1, 0.15) is 23.4 Å². The van der Waals surface area contributed by atoms with Crippen LogP contribution >= 0.6 is 0 Å². The molecule has 5 nitrogen and oxygen atoms in total. The van der Waals surface area contributed by atoms with Crippen molar-refractivity contribution >= 4 is 5.97 Å². The quantitative estimate of drug-likeness (QED) is 0.460. The van der Waals surface area contributed by atoms with E-state index in [1.165, 1.54) is 0 Å².